The van der Waals surface area contributed by atoms with Gasteiger partial charge in [-0.3, -0.25) is 9.48 Å². The smallest absolute Gasteiger partial charge is 0.229 e. The molecule has 22 heavy (non-hydrogen) atoms. The van der Waals surface area contributed by atoms with Gasteiger partial charge in [-0.1, -0.05) is 30.3 Å². The fourth-order valence-electron chi connectivity index (χ4n) is 2.52. The summed E-state index contributed by atoms with van der Waals surface area (Å²) in [4.78, 5) is 12.0. The number of amides is 1. The van der Waals surface area contributed by atoms with Crippen LogP contribution in [0, 0.1) is 5.92 Å². The van der Waals surface area contributed by atoms with Gasteiger partial charge in [0.05, 0.1) is 24.0 Å². The molecule has 7 heteroatoms. The number of anilines is 1. The van der Waals surface area contributed by atoms with Gasteiger partial charge in [-0.25, -0.2) is 8.42 Å². The van der Waals surface area contributed by atoms with E-state index in [4.69, 9.17) is 0 Å². The Bertz CT molecular complexity index is 768. The number of hydrogen-bond donors (Lipinski definition) is 1. The third kappa shape index (κ3) is 3.54. The standard InChI is InChI=1S/C15H17N3O3S/c19-15(13-7-9-22(20,21)11-13)16-14-6-8-18(17-14)10-12-4-2-1-3-5-12/h1-6,8,13H,7,9-11H2,(H,16,17,19)/t13-/m1/s1. The van der Waals surface area contributed by atoms with E-state index < -0.39 is 15.8 Å². The van der Waals surface area contributed by atoms with Gasteiger partial charge in [0.15, 0.2) is 15.7 Å². The van der Waals surface area contributed by atoms with Crippen molar-refractivity contribution in [2.45, 2.75) is 13.0 Å². The van der Waals surface area contributed by atoms with Gasteiger partial charge >= 0.3 is 0 Å². The van der Waals surface area contributed by atoms with Crippen molar-refractivity contribution in [2.24, 2.45) is 5.92 Å². The minimum atomic E-state index is -3.05. The molecule has 0 aliphatic carbocycles. The number of aromatic nitrogens is 2. The number of rotatable bonds is 4. The lowest BCUT2D eigenvalue weighted by molar-refractivity contribution is -0.119. The Hall–Kier alpha value is -2.15. The van der Waals surface area contributed by atoms with Crippen molar-refractivity contribution in [2.75, 3.05) is 16.8 Å². The molecule has 1 fully saturated rings. The average Bonchev–Trinajstić information content (AvgIpc) is 3.06. The van der Waals surface area contributed by atoms with Gasteiger partial charge in [-0.05, 0) is 12.0 Å². The first kappa shape index (κ1) is 14.8. The van der Waals surface area contributed by atoms with Crippen LogP contribution in [0.2, 0.25) is 0 Å². The first-order chi connectivity index (χ1) is 10.5. The molecule has 1 aliphatic rings. The second-order valence-electron chi connectivity index (χ2n) is 5.47. The first-order valence-corrected chi connectivity index (χ1v) is 8.93. The summed E-state index contributed by atoms with van der Waals surface area (Å²) in [6, 6.07) is 11.6. The monoisotopic (exact) mass is 319 g/mol. The van der Waals surface area contributed by atoms with E-state index in [1.165, 1.54) is 0 Å². The number of carbonyl (C=O) groups excluding carboxylic acids is 1. The second kappa shape index (κ2) is 5.92. The molecule has 0 unspecified atom stereocenters. The van der Waals surface area contributed by atoms with Gasteiger partial charge < -0.3 is 5.32 Å². The van der Waals surface area contributed by atoms with Crippen LogP contribution < -0.4 is 5.32 Å². The van der Waals surface area contributed by atoms with Crippen LogP contribution in [0.25, 0.3) is 0 Å². The molecule has 3 rings (SSSR count). The summed E-state index contributed by atoms with van der Waals surface area (Å²) in [5.74, 6) is -0.266. The summed E-state index contributed by atoms with van der Waals surface area (Å²) in [7, 11) is -3.05. The van der Waals surface area contributed by atoms with Crippen molar-refractivity contribution >= 4 is 21.6 Å². The Morgan fingerprint density at radius 1 is 1.27 bits per heavy atom. The van der Waals surface area contributed by atoms with Crippen molar-refractivity contribution in [3.63, 3.8) is 0 Å². The van der Waals surface area contributed by atoms with Crippen molar-refractivity contribution in [1.29, 1.82) is 0 Å². The Morgan fingerprint density at radius 3 is 2.73 bits per heavy atom. The average molecular weight is 319 g/mol. The van der Waals surface area contributed by atoms with Gasteiger partial charge in [-0.2, -0.15) is 5.10 Å². The lowest BCUT2D eigenvalue weighted by Gasteiger charge is -2.07. The van der Waals surface area contributed by atoms with Crippen LogP contribution in [0.1, 0.15) is 12.0 Å². The summed E-state index contributed by atoms with van der Waals surface area (Å²) in [5.41, 5.74) is 1.12. The zero-order chi connectivity index (χ0) is 15.6. The largest absolute Gasteiger partial charge is 0.309 e. The summed E-state index contributed by atoms with van der Waals surface area (Å²) in [5, 5.41) is 6.98. The Balaban J connectivity index is 1.61. The normalized spacial score (nSPS) is 19.9. The second-order valence-corrected chi connectivity index (χ2v) is 7.70. The molecule has 1 aliphatic heterocycles. The zero-order valence-corrected chi connectivity index (χ0v) is 12.8. The van der Waals surface area contributed by atoms with Crippen molar-refractivity contribution in [3.8, 4) is 0 Å². The lowest BCUT2D eigenvalue weighted by Crippen LogP contribution is -2.24. The highest BCUT2D eigenvalue weighted by Crippen LogP contribution is 2.20. The molecule has 2 heterocycles. The molecule has 1 atom stereocenters. The highest BCUT2D eigenvalue weighted by Gasteiger charge is 2.33. The maximum Gasteiger partial charge on any atom is 0.229 e. The SMILES string of the molecule is O=C(Nc1ccn(Cc2ccccc2)n1)[C@@H]1CCS(=O)(=O)C1. The summed E-state index contributed by atoms with van der Waals surface area (Å²) >= 11 is 0. The predicted molar refractivity (Wildman–Crippen MR) is 83.2 cm³/mol. The number of nitrogens with one attached hydrogen (secondary N) is 1. The molecule has 1 aromatic heterocycles. The number of hydrogen-bond acceptors (Lipinski definition) is 4. The Kier molecular flexibility index (Phi) is 3.98. The number of nitrogens with zero attached hydrogens (tertiary/aromatic N) is 2. The number of carbonyl (C=O) groups is 1. The van der Waals surface area contributed by atoms with Gasteiger partial charge in [0, 0.05) is 12.3 Å². The van der Waals surface area contributed by atoms with Crippen LogP contribution in [0.3, 0.4) is 0 Å². The zero-order valence-electron chi connectivity index (χ0n) is 12.0. The summed E-state index contributed by atoms with van der Waals surface area (Å²) < 4.78 is 24.5. The van der Waals surface area contributed by atoms with E-state index >= 15 is 0 Å². The summed E-state index contributed by atoms with van der Waals surface area (Å²) in [6.07, 6.45) is 2.17. The van der Waals surface area contributed by atoms with Crippen molar-refractivity contribution in [1.82, 2.24) is 9.78 Å². The van der Waals surface area contributed by atoms with Crippen LogP contribution in [-0.4, -0.2) is 35.6 Å². The van der Waals surface area contributed by atoms with Crippen LogP contribution in [0.4, 0.5) is 5.82 Å². The molecule has 0 bridgehead atoms. The van der Waals surface area contributed by atoms with Gasteiger partial charge in [0.25, 0.3) is 0 Å². The third-order valence-electron chi connectivity index (χ3n) is 3.68. The highest BCUT2D eigenvalue weighted by molar-refractivity contribution is 7.91. The molecule has 6 nitrogen and oxygen atoms in total. The number of sulfone groups is 1. The fraction of sp³-hybridized carbons (Fsp3) is 0.333. The number of benzene rings is 1. The molecule has 0 saturated carbocycles. The van der Waals surface area contributed by atoms with E-state index in [9.17, 15) is 13.2 Å². The molecule has 0 spiro atoms. The van der Waals surface area contributed by atoms with E-state index in [0.717, 1.165) is 5.56 Å². The molecule has 1 amide bonds. The van der Waals surface area contributed by atoms with E-state index in [1.54, 1.807) is 16.9 Å². The summed E-state index contributed by atoms with van der Waals surface area (Å²) in [6.45, 7) is 0.620. The molecule has 2 aromatic rings. The van der Waals surface area contributed by atoms with Gasteiger partial charge in [-0.15, -0.1) is 0 Å². The molecule has 0 radical (unpaired) electrons. The molecule has 1 aromatic carbocycles. The third-order valence-corrected chi connectivity index (χ3v) is 5.45. The minimum absolute atomic E-state index is 0.0659. The van der Waals surface area contributed by atoms with E-state index in [0.29, 0.717) is 18.8 Å². The maximum atomic E-state index is 12.0. The molecule has 1 N–H and O–H groups in total. The van der Waals surface area contributed by atoms with E-state index in [2.05, 4.69) is 10.4 Å². The van der Waals surface area contributed by atoms with Gasteiger partial charge in [0.1, 0.15) is 0 Å². The van der Waals surface area contributed by atoms with Crippen LogP contribution in [0.5, 0.6) is 0 Å². The first-order valence-electron chi connectivity index (χ1n) is 7.10. The van der Waals surface area contributed by atoms with E-state index in [1.807, 2.05) is 30.3 Å². The quantitative estimate of drug-likeness (QED) is 0.921. The maximum absolute atomic E-state index is 12.0. The predicted octanol–water partition coefficient (Wildman–Crippen LogP) is 1.30. The molecule has 1 saturated heterocycles. The highest BCUT2D eigenvalue weighted by atomic mass is 32.2. The minimum Gasteiger partial charge on any atom is -0.309 e. The molecule has 116 valence electrons. The van der Waals surface area contributed by atoms with E-state index in [-0.39, 0.29) is 17.4 Å². The van der Waals surface area contributed by atoms with Crippen molar-refractivity contribution in [3.05, 3.63) is 48.2 Å². The Labute approximate surface area is 129 Å². The Morgan fingerprint density at radius 2 is 2.05 bits per heavy atom. The topological polar surface area (TPSA) is 81.1 Å². The van der Waals surface area contributed by atoms with Crippen molar-refractivity contribution < 1.29 is 13.2 Å². The van der Waals surface area contributed by atoms with Crippen LogP contribution in [-0.2, 0) is 21.2 Å². The lowest BCUT2D eigenvalue weighted by atomic mass is 10.1. The van der Waals surface area contributed by atoms with Crippen LogP contribution in [0.15, 0.2) is 42.6 Å². The van der Waals surface area contributed by atoms with Crippen LogP contribution >= 0.6 is 0 Å². The molecular formula is C15H17N3O3S. The van der Waals surface area contributed by atoms with Gasteiger partial charge in [0.2, 0.25) is 5.91 Å². The fourth-order valence-corrected chi connectivity index (χ4v) is 4.26. The molecular weight excluding hydrogens is 302 g/mol.